The minimum absolute atomic E-state index is 0.000456. The van der Waals surface area contributed by atoms with E-state index in [-0.39, 0.29) is 5.91 Å². The predicted molar refractivity (Wildman–Crippen MR) is 112 cm³/mol. The number of rotatable bonds is 5. The van der Waals surface area contributed by atoms with E-state index in [9.17, 15) is 4.79 Å². The van der Waals surface area contributed by atoms with Crippen molar-refractivity contribution in [3.63, 3.8) is 0 Å². The smallest absolute Gasteiger partial charge is 0.263 e. The van der Waals surface area contributed by atoms with Crippen molar-refractivity contribution in [2.75, 3.05) is 31.1 Å². The van der Waals surface area contributed by atoms with E-state index in [1.807, 2.05) is 42.2 Å². The van der Waals surface area contributed by atoms with Crippen molar-refractivity contribution in [1.82, 2.24) is 29.9 Å². The summed E-state index contributed by atoms with van der Waals surface area (Å²) in [6.07, 6.45) is 2.51. The van der Waals surface area contributed by atoms with Crippen LogP contribution < -0.4 is 9.64 Å². The van der Waals surface area contributed by atoms with Crippen LogP contribution in [0.2, 0.25) is 0 Å². The van der Waals surface area contributed by atoms with Crippen LogP contribution >= 0.6 is 0 Å². The maximum absolute atomic E-state index is 12.8. The van der Waals surface area contributed by atoms with E-state index in [2.05, 4.69) is 32.1 Å². The first-order valence-electron chi connectivity index (χ1n) is 9.97. The molecular formula is C21H25N7O2. The minimum atomic E-state index is -0.527. The Bertz CT molecular complexity index is 997. The summed E-state index contributed by atoms with van der Waals surface area (Å²) in [7, 11) is 0. The fourth-order valence-electron chi connectivity index (χ4n) is 3.39. The molecule has 9 heteroatoms. The van der Waals surface area contributed by atoms with Crippen molar-refractivity contribution in [2.45, 2.75) is 26.9 Å². The third-order valence-electron chi connectivity index (χ3n) is 5.34. The van der Waals surface area contributed by atoms with Gasteiger partial charge in [-0.25, -0.2) is 9.67 Å². The van der Waals surface area contributed by atoms with Crippen LogP contribution in [0.3, 0.4) is 0 Å². The van der Waals surface area contributed by atoms with Gasteiger partial charge in [-0.2, -0.15) is 5.10 Å². The lowest BCUT2D eigenvalue weighted by molar-refractivity contribution is -0.138. The number of anilines is 1. The van der Waals surface area contributed by atoms with Crippen molar-refractivity contribution in [3.05, 3.63) is 54.1 Å². The third kappa shape index (κ3) is 4.24. The number of aromatic nitrogens is 5. The Kier molecular flexibility index (Phi) is 5.60. The number of benzene rings is 1. The first-order chi connectivity index (χ1) is 14.5. The van der Waals surface area contributed by atoms with Gasteiger partial charge >= 0.3 is 0 Å². The second-order valence-corrected chi connectivity index (χ2v) is 7.41. The summed E-state index contributed by atoms with van der Waals surface area (Å²) in [6, 6.07) is 9.65. The molecule has 0 bridgehead atoms. The van der Waals surface area contributed by atoms with Gasteiger partial charge in [-0.3, -0.25) is 4.79 Å². The van der Waals surface area contributed by atoms with Crippen LogP contribution in [-0.4, -0.2) is 68.1 Å². The quantitative estimate of drug-likeness (QED) is 0.637. The summed E-state index contributed by atoms with van der Waals surface area (Å²) in [6.45, 7) is 8.52. The number of ether oxygens (including phenoxy) is 1. The molecular weight excluding hydrogens is 382 g/mol. The SMILES string of the molecule is Cc1ccc(OC(C)C(=O)N2CCN(c3ccc(-n4cncn4)nn3)CC2)cc1C. The Hall–Kier alpha value is -3.49. The van der Waals surface area contributed by atoms with Gasteiger partial charge in [0.15, 0.2) is 17.7 Å². The lowest BCUT2D eigenvalue weighted by Gasteiger charge is -2.36. The molecule has 1 saturated heterocycles. The Morgan fingerprint density at radius 3 is 2.37 bits per heavy atom. The Balaban J connectivity index is 1.32. The molecule has 1 aliphatic heterocycles. The summed E-state index contributed by atoms with van der Waals surface area (Å²) in [4.78, 5) is 20.7. The molecule has 1 amide bonds. The maximum Gasteiger partial charge on any atom is 0.263 e. The molecule has 1 fully saturated rings. The molecule has 0 saturated carbocycles. The number of hydrogen-bond donors (Lipinski definition) is 0. The number of hydrogen-bond acceptors (Lipinski definition) is 7. The highest BCUT2D eigenvalue weighted by atomic mass is 16.5. The van der Waals surface area contributed by atoms with E-state index in [1.54, 1.807) is 17.9 Å². The zero-order chi connectivity index (χ0) is 21.1. The summed E-state index contributed by atoms with van der Waals surface area (Å²) >= 11 is 0. The third-order valence-corrected chi connectivity index (χ3v) is 5.34. The summed E-state index contributed by atoms with van der Waals surface area (Å²) in [5.74, 6) is 2.12. The van der Waals surface area contributed by atoms with Gasteiger partial charge < -0.3 is 14.5 Å². The van der Waals surface area contributed by atoms with Crippen LogP contribution in [0.15, 0.2) is 43.0 Å². The Morgan fingerprint density at radius 2 is 1.73 bits per heavy atom. The van der Waals surface area contributed by atoms with Gasteiger partial charge in [0.2, 0.25) is 0 Å². The number of carbonyl (C=O) groups is 1. The fraction of sp³-hybridized carbons (Fsp3) is 0.381. The summed E-state index contributed by atoms with van der Waals surface area (Å²) in [5.41, 5.74) is 2.35. The second kappa shape index (κ2) is 8.48. The normalized spacial score (nSPS) is 15.2. The molecule has 1 unspecified atom stereocenters. The van der Waals surface area contributed by atoms with Gasteiger partial charge in [0.05, 0.1) is 0 Å². The molecule has 4 rings (SSSR count). The zero-order valence-electron chi connectivity index (χ0n) is 17.4. The van der Waals surface area contributed by atoms with E-state index in [1.165, 1.54) is 11.9 Å². The number of aryl methyl sites for hydroxylation is 2. The average molecular weight is 407 g/mol. The number of piperazine rings is 1. The van der Waals surface area contributed by atoms with Crippen LogP contribution in [0, 0.1) is 13.8 Å². The predicted octanol–water partition coefficient (Wildman–Crippen LogP) is 1.79. The van der Waals surface area contributed by atoms with Crippen LogP contribution in [0.25, 0.3) is 5.82 Å². The number of nitrogens with zero attached hydrogens (tertiary/aromatic N) is 7. The molecule has 9 nitrogen and oxygen atoms in total. The van der Waals surface area contributed by atoms with Crippen molar-refractivity contribution in [3.8, 4) is 11.6 Å². The van der Waals surface area contributed by atoms with Crippen LogP contribution in [0.1, 0.15) is 18.1 Å². The van der Waals surface area contributed by atoms with Crippen molar-refractivity contribution in [2.24, 2.45) is 0 Å². The molecule has 0 aliphatic carbocycles. The minimum Gasteiger partial charge on any atom is -0.481 e. The highest BCUT2D eigenvalue weighted by molar-refractivity contribution is 5.81. The highest BCUT2D eigenvalue weighted by Gasteiger charge is 2.26. The van der Waals surface area contributed by atoms with Crippen molar-refractivity contribution >= 4 is 11.7 Å². The molecule has 156 valence electrons. The fourth-order valence-corrected chi connectivity index (χ4v) is 3.39. The van der Waals surface area contributed by atoms with E-state index in [4.69, 9.17) is 4.74 Å². The monoisotopic (exact) mass is 407 g/mol. The molecule has 1 atom stereocenters. The highest BCUT2D eigenvalue weighted by Crippen LogP contribution is 2.19. The van der Waals surface area contributed by atoms with Crippen LogP contribution in [0.4, 0.5) is 5.82 Å². The first-order valence-corrected chi connectivity index (χ1v) is 9.97. The molecule has 0 radical (unpaired) electrons. The van der Waals surface area contributed by atoms with Crippen LogP contribution in [0.5, 0.6) is 5.75 Å². The van der Waals surface area contributed by atoms with Gasteiger partial charge in [-0.1, -0.05) is 6.07 Å². The zero-order valence-corrected chi connectivity index (χ0v) is 17.4. The van der Waals surface area contributed by atoms with E-state index in [0.717, 1.165) is 17.1 Å². The number of carbonyl (C=O) groups excluding carboxylic acids is 1. The van der Waals surface area contributed by atoms with Gasteiger partial charge in [0, 0.05) is 26.2 Å². The Morgan fingerprint density at radius 1 is 1.00 bits per heavy atom. The van der Waals surface area contributed by atoms with E-state index >= 15 is 0 Å². The van der Waals surface area contributed by atoms with Gasteiger partial charge in [0.1, 0.15) is 18.4 Å². The lowest BCUT2D eigenvalue weighted by Crippen LogP contribution is -2.52. The molecule has 1 aromatic carbocycles. The molecule has 30 heavy (non-hydrogen) atoms. The molecule has 1 aliphatic rings. The second-order valence-electron chi connectivity index (χ2n) is 7.41. The Labute approximate surface area is 175 Å². The summed E-state index contributed by atoms with van der Waals surface area (Å²) < 4.78 is 7.44. The molecule has 3 aromatic rings. The van der Waals surface area contributed by atoms with Gasteiger partial charge in [-0.05, 0) is 56.2 Å². The van der Waals surface area contributed by atoms with Crippen molar-refractivity contribution in [1.29, 1.82) is 0 Å². The van der Waals surface area contributed by atoms with Crippen molar-refractivity contribution < 1.29 is 9.53 Å². The van der Waals surface area contributed by atoms with Crippen LogP contribution in [-0.2, 0) is 4.79 Å². The lowest BCUT2D eigenvalue weighted by atomic mass is 10.1. The molecule has 3 heterocycles. The largest absolute Gasteiger partial charge is 0.481 e. The number of amides is 1. The molecule has 0 spiro atoms. The van der Waals surface area contributed by atoms with E-state index < -0.39 is 6.10 Å². The maximum atomic E-state index is 12.8. The van der Waals surface area contributed by atoms with E-state index in [0.29, 0.717) is 32.0 Å². The first kappa shape index (κ1) is 19.8. The molecule has 0 N–H and O–H groups in total. The van der Waals surface area contributed by atoms with Gasteiger partial charge in [0.25, 0.3) is 5.91 Å². The summed E-state index contributed by atoms with van der Waals surface area (Å²) in [5, 5.41) is 12.5. The topological polar surface area (TPSA) is 89.3 Å². The van der Waals surface area contributed by atoms with Gasteiger partial charge in [-0.15, -0.1) is 10.2 Å². The standard InChI is InChI=1S/C21H25N7O2/c1-15-4-5-18(12-16(15)2)30-17(3)21(29)27-10-8-26(9-11-27)19-6-7-20(25-24-19)28-14-22-13-23-28/h4-7,12-14,17H,8-11H2,1-3H3. The average Bonchev–Trinajstić information content (AvgIpc) is 3.31. The molecule has 2 aromatic heterocycles.